The van der Waals surface area contributed by atoms with Crippen molar-refractivity contribution in [1.82, 2.24) is 5.32 Å². The number of halogens is 1. The second-order valence-corrected chi connectivity index (χ2v) is 9.33. The first-order valence-corrected chi connectivity index (χ1v) is 12.1. The van der Waals surface area contributed by atoms with E-state index in [1.807, 2.05) is 18.7 Å². The van der Waals surface area contributed by atoms with Gasteiger partial charge in [0.2, 0.25) is 5.91 Å². The fraction of sp³-hybridized carbons (Fsp3) is 0.400. The lowest BCUT2D eigenvalue weighted by Crippen LogP contribution is -2.72. The summed E-state index contributed by atoms with van der Waals surface area (Å²) < 4.78 is 0. The molecule has 10 heteroatoms. The Morgan fingerprint density at radius 1 is 1.11 bits per heavy atom. The first-order valence-electron chi connectivity index (χ1n) is 11.7. The number of carbonyl (C=O) groups excluding carboxylic acids is 3. The van der Waals surface area contributed by atoms with Crippen LogP contribution in [0.3, 0.4) is 0 Å². The largest absolute Gasteiger partial charge is 0.367 e. The van der Waals surface area contributed by atoms with Crippen LogP contribution in [0.4, 0.5) is 21.9 Å². The Balaban J connectivity index is 1.93. The average molecular weight is 499 g/mol. The smallest absolute Gasteiger partial charge is 0.335 e. The van der Waals surface area contributed by atoms with Crippen molar-refractivity contribution in [3.8, 4) is 0 Å². The molecule has 0 bridgehead atoms. The predicted octanol–water partition coefficient (Wildman–Crippen LogP) is 4.85. The molecule has 0 unspecified atom stereocenters. The first-order chi connectivity index (χ1) is 16.8. The molecule has 0 saturated carbocycles. The predicted molar refractivity (Wildman–Crippen MR) is 133 cm³/mol. The lowest BCUT2D eigenvalue weighted by molar-refractivity contribution is -0.384. The molecule has 0 aliphatic carbocycles. The van der Waals surface area contributed by atoms with E-state index in [4.69, 9.17) is 11.6 Å². The van der Waals surface area contributed by atoms with Gasteiger partial charge in [0.1, 0.15) is 0 Å². The van der Waals surface area contributed by atoms with Gasteiger partial charge in [0.05, 0.1) is 21.7 Å². The highest BCUT2D eigenvalue weighted by molar-refractivity contribution is 6.37. The van der Waals surface area contributed by atoms with E-state index in [2.05, 4.69) is 5.32 Å². The normalized spacial score (nSPS) is 21.8. The quantitative estimate of drug-likeness (QED) is 0.331. The number of nitro groups is 1. The zero-order valence-electron chi connectivity index (χ0n) is 19.6. The average Bonchev–Trinajstić information content (AvgIpc) is 2.83. The summed E-state index contributed by atoms with van der Waals surface area (Å²) >= 11 is 6.34. The maximum Gasteiger partial charge on any atom is 0.335 e. The number of benzene rings is 2. The Morgan fingerprint density at radius 3 is 2.51 bits per heavy atom. The van der Waals surface area contributed by atoms with Gasteiger partial charge in [-0.05, 0) is 36.6 Å². The Kier molecular flexibility index (Phi) is 6.80. The highest BCUT2D eigenvalue weighted by atomic mass is 35.5. The van der Waals surface area contributed by atoms with Crippen LogP contribution in [0.25, 0.3) is 0 Å². The number of amides is 4. The van der Waals surface area contributed by atoms with Gasteiger partial charge in [-0.1, -0.05) is 50.4 Å². The van der Waals surface area contributed by atoms with Gasteiger partial charge in [0.25, 0.3) is 11.6 Å². The summed E-state index contributed by atoms with van der Waals surface area (Å²) in [7, 11) is 0. The summed E-state index contributed by atoms with van der Waals surface area (Å²) in [6.45, 7) is 4.58. The number of carbonyl (C=O) groups is 3. The Hall–Kier alpha value is -3.46. The van der Waals surface area contributed by atoms with Crippen LogP contribution in [0.2, 0.25) is 5.02 Å². The van der Waals surface area contributed by atoms with Crippen LogP contribution < -0.4 is 15.1 Å². The molecule has 1 spiro atoms. The van der Waals surface area contributed by atoms with Crippen LogP contribution in [0, 0.1) is 15.5 Å². The van der Waals surface area contributed by atoms with E-state index in [0.717, 1.165) is 23.4 Å². The highest BCUT2D eigenvalue weighted by Crippen LogP contribution is 2.48. The number of hydrogen-bond donors (Lipinski definition) is 1. The molecule has 1 fully saturated rings. The fourth-order valence-electron chi connectivity index (χ4n) is 5.19. The number of nitrogens with one attached hydrogen (secondary N) is 1. The number of non-ortho nitro benzene ring substituents is 1. The van der Waals surface area contributed by atoms with Crippen molar-refractivity contribution in [1.29, 1.82) is 0 Å². The minimum atomic E-state index is -1.65. The molecule has 35 heavy (non-hydrogen) atoms. The first kappa shape index (κ1) is 24.7. The summed E-state index contributed by atoms with van der Waals surface area (Å²) in [4.78, 5) is 54.7. The van der Waals surface area contributed by atoms with E-state index in [1.165, 1.54) is 12.1 Å². The van der Waals surface area contributed by atoms with Gasteiger partial charge < -0.3 is 4.90 Å². The van der Waals surface area contributed by atoms with Crippen LogP contribution in [0.1, 0.15) is 45.1 Å². The van der Waals surface area contributed by atoms with Crippen molar-refractivity contribution >= 4 is 46.5 Å². The van der Waals surface area contributed by atoms with Gasteiger partial charge in [0.15, 0.2) is 5.41 Å². The van der Waals surface area contributed by atoms with E-state index < -0.39 is 34.2 Å². The van der Waals surface area contributed by atoms with E-state index >= 15 is 0 Å². The van der Waals surface area contributed by atoms with Crippen molar-refractivity contribution in [2.75, 3.05) is 16.3 Å². The third kappa shape index (κ3) is 4.03. The maximum atomic E-state index is 14.2. The number of imide groups is 2. The third-order valence-corrected chi connectivity index (χ3v) is 7.14. The molecule has 0 aromatic heterocycles. The SMILES string of the molecule is CCCCN1c2ccc([N+](=O)[O-])cc2C[C@@]2(C(=O)NC(=O)N(c3ccccc3Cl)C2=O)[C@@H]1CCC. The Morgan fingerprint density at radius 2 is 1.86 bits per heavy atom. The number of barbiturate groups is 1. The topological polar surface area (TPSA) is 113 Å². The molecule has 2 aliphatic heterocycles. The molecule has 4 amide bonds. The van der Waals surface area contributed by atoms with E-state index in [1.54, 1.807) is 30.3 Å². The third-order valence-electron chi connectivity index (χ3n) is 6.82. The molecule has 1 saturated heterocycles. The minimum absolute atomic E-state index is 0.0593. The van der Waals surface area contributed by atoms with Gasteiger partial charge in [-0.3, -0.25) is 25.0 Å². The van der Waals surface area contributed by atoms with E-state index in [0.29, 0.717) is 24.9 Å². The molecule has 2 aromatic rings. The van der Waals surface area contributed by atoms with Gasteiger partial charge in [0, 0.05) is 30.8 Å². The van der Waals surface area contributed by atoms with Crippen molar-refractivity contribution < 1.29 is 19.3 Å². The lowest BCUT2D eigenvalue weighted by Gasteiger charge is -2.52. The van der Waals surface area contributed by atoms with Crippen molar-refractivity contribution in [3.63, 3.8) is 0 Å². The van der Waals surface area contributed by atoms with Crippen molar-refractivity contribution in [3.05, 3.63) is 63.2 Å². The summed E-state index contributed by atoms with van der Waals surface area (Å²) in [6.07, 6.45) is 2.84. The second-order valence-electron chi connectivity index (χ2n) is 8.92. The zero-order chi connectivity index (χ0) is 25.3. The van der Waals surface area contributed by atoms with Gasteiger partial charge in [-0.25, -0.2) is 9.69 Å². The number of fused-ring (bicyclic) bond motifs is 1. The van der Waals surface area contributed by atoms with Crippen LogP contribution in [0.5, 0.6) is 0 Å². The molecule has 184 valence electrons. The van der Waals surface area contributed by atoms with E-state index in [-0.39, 0.29) is 22.8 Å². The molecule has 2 heterocycles. The Bertz CT molecular complexity index is 1200. The zero-order valence-corrected chi connectivity index (χ0v) is 20.4. The van der Waals surface area contributed by atoms with Crippen LogP contribution in [0.15, 0.2) is 42.5 Å². The van der Waals surface area contributed by atoms with E-state index in [9.17, 15) is 24.5 Å². The standard InChI is InChI=1S/C25H27ClN4O5/c1-3-5-13-28-19-12-11-17(30(34)35)14-16(19)15-25(21(28)8-4-2)22(31)27-24(33)29(23(25)32)20-10-7-6-9-18(20)26/h6-7,9-12,14,21H,3-5,8,13,15H2,1-2H3,(H,27,31,33)/t21-,25-/m0/s1. The number of hydrogen-bond acceptors (Lipinski definition) is 6. The van der Waals surface area contributed by atoms with Gasteiger partial charge in [-0.15, -0.1) is 0 Å². The van der Waals surface area contributed by atoms with Crippen molar-refractivity contribution in [2.24, 2.45) is 5.41 Å². The summed E-state index contributed by atoms with van der Waals surface area (Å²) in [5.74, 6) is -1.36. The highest BCUT2D eigenvalue weighted by Gasteiger charge is 2.62. The monoisotopic (exact) mass is 498 g/mol. The van der Waals surface area contributed by atoms with Crippen LogP contribution >= 0.6 is 11.6 Å². The number of para-hydroxylation sites is 1. The number of unbranched alkanes of at least 4 members (excludes halogenated alkanes) is 1. The molecule has 2 aromatic carbocycles. The number of anilines is 2. The van der Waals surface area contributed by atoms with Gasteiger partial charge in [-0.2, -0.15) is 0 Å². The summed E-state index contributed by atoms with van der Waals surface area (Å²) in [5, 5.41) is 14.1. The molecule has 9 nitrogen and oxygen atoms in total. The molecule has 2 atom stereocenters. The van der Waals surface area contributed by atoms with Gasteiger partial charge >= 0.3 is 6.03 Å². The maximum absolute atomic E-state index is 14.2. The van der Waals surface area contributed by atoms with Crippen LogP contribution in [-0.2, 0) is 16.0 Å². The molecule has 1 N–H and O–H groups in total. The van der Waals surface area contributed by atoms with Crippen molar-refractivity contribution in [2.45, 2.75) is 52.0 Å². The number of urea groups is 1. The minimum Gasteiger partial charge on any atom is -0.367 e. The number of nitrogens with zero attached hydrogens (tertiary/aromatic N) is 3. The lowest BCUT2D eigenvalue weighted by atomic mass is 9.67. The summed E-state index contributed by atoms with van der Waals surface area (Å²) in [5.41, 5.74) is -0.289. The molecule has 4 rings (SSSR count). The molecular formula is C25H27ClN4O5. The fourth-order valence-corrected chi connectivity index (χ4v) is 5.42. The number of rotatable bonds is 7. The molecule has 0 radical (unpaired) electrons. The number of nitro benzene ring substituents is 1. The second kappa shape index (κ2) is 9.65. The van der Waals surface area contributed by atoms with Crippen LogP contribution in [-0.4, -0.2) is 35.4 Å². The Labute approximate surface area is 208 Å². The molecular weight excluding hydrogens is 472 g/mol. The summed E-state index contributed by atoms with van der Waals surface area (Å²) in [6, 6.07) is 9.61. The molecule has 2 aliphatic rings.